The van der Waals surface area contributed by atoms with Crippen LogP contribution in [0.1, 0.15) is 71.3 Å². The van der Waals surface area contributed by atoms with Gasteiger partial charge in [0.15, 0.2) is 23.8 Å². The molecule has 0 unspecified atom stereocenters. The van der Waals surface area contributed by atoms with Crippen LogP contribution in [-0.2, 0) is 9.47 Å². The molecule has 41 heavy (non-hydrogen) atoms. The summed E-state index contributed by atoms with van der Waals surface area (Å²) in [6.45, 7) is 18.2. The highest BCUT2D eigenvalue weighted by Crippen LogP contribution is 2.33. The number of carbonyl (C=O) groups is 2. The molecule has 0 aliphatic carbocycles. The molecule has 2 aromatic rings. The van der Waals surface area contributed by atoms with Crippen molar-refractivity contribution in [2.24, 2.45) is 0 Å². The normalized spacial score (nSPS) is 15.4. The van der Waals surface area contributed by atoms with Gasteiger partial charge in [-0.15, -0.1) is 4.58 Å². The number of carbonyl (C=O) groups excluding carboxylic acids is 2. The summed E-state index contributed by atoms with van der Waals surface area (Å²) in [7, 11) is 0. The predicted octanol–water partition coefficient (Wildman–Crippen LogP) is 6.79. The van der Waals surface area contributed by atoms with Gasteiger partial charge in [-0.05, 0) is 100 Å². The van der Waals surface area contributed by atoms with Crippen LogP contribution in [0.25, 0.3) is 0 Å². The van der Waals surface area contributed by atoms with Gasteiger partial charge in [-0.2, -0.15) is 4.79 Å². The van der Waals surface area contributed by atoms with Gasteiger partial charge in [0.25, 0.3) is 0 Å². The minimum atomic E-state index is -0.704. The van der Waals surface area contributed by atoms with E-state index in [2.05, 4.69) is 31.1 Å². The van der Waals surface area contributed by atoms with Crippen LogP contribution in [0.3, 0.4) is 0 Å². The average Bonchev–Trinajstić information content (AvgIpc) is 2.81. The molecule has 224 valence electrons. The van der Waals surface area contributed by atoms with E-state index in [4.69, 9.17) is 14.2 Å². The smallest absolute Gasteiger partial charge is 0.480 e. The SMILES string of the molecule is CC1=[N+](C(=O)OC(C)(C)C)CCN(C[C@H](Oc2cc(C)c(Br)nc2NC(=O)OC(C)(C)C)c2ccc(C)c(F)c2)C1. The van der Waals surface area contributed by atoms with Crippen molar-refractivity contribution in [3.8, 4) is 5.75 Å². The first-order valence-corrected chi connectivity index (χ1v) is 14.4. The van der Waals surface area contributed by atoms with E-state index in [1.54, 1.807) is 44.4 Å². The lowest BCUT2D eigenvalue weighted by atomic mass is 10.1. The predicted molar refractivity (Wildman–Crippen MR) is 160 cm³/mol. The first-order chi connectivity index (χ1) is 18.9. The Labute approximate surface area is 250 Å². The van der Waals surface area contributed by atoms with Gasteiger partial charge in [0, 0.05) is 13.5 Å². The Hall–Kier alpha value is -3.05. The second kappa shape index (κ2) is 12.9. The maximum absolute atomic E-state index is 14.7. The minimum absolute atomic E-state index is 0.173. The summed E-state index contributed by atoms with van der Waals surface area (Å²) in [5.41, 5.74) is 1.49. The zero-order valence-electron chi connectivity index (χ0n) is 25.4. The number of amides is 2. The maximum atomic E-state index is 14.7. The molecule has 0 bridgehead atoms. The number of nitrogens with zero attached hydrogens (tertiary/aromatic N) is 3. The molecule has 9 nitrogen and oxygen atoms in total. The molecule has 11 heteroatoms. The summed E-state index contributed by atoms with van der Waals surface area (Å²) < 4.78 is 34.4. The van der Waals surface area contributed by atoms with Gasteiger partial charge < -0.3 is 14.2 Å². The fourth-order valence-corrected chi connectivity index (χ4v) is 4.49. The van der Waals surface area contributed by atoms with Crippen LogP contribution in [0.4, 0.5) is 19.8 Å². The largest absolute Gasteiger partial charge is 0.596 e. The first-order valence-electron chi connectivity index (χ1n) is 13.6. The Morgan fingerprint density at radius 1 is 1.07 bits per heavy atom. The van der Waals surface area contributed by atoms with Crippen molar-refractivity contribution in [2.45, 2.75) is 79.6 Å². The number of halogens is 2. The van der Waals surface area contributed by atoms with E-state index in [1.807, 2.05) is 40.7 Å². The van der Waals surface area contributed by atoms with Gasteiger partial charge in [-0.25, -0.2) is 14.2 Å². The Kier molecular flexibility index (Phi) is 10.2. The van der Waals surface area contributed by atoms with Crippen LogP contribution in [0.15, 0.2) is 28.9 Å². The lowest BCUT2D eigenvalue weighted by molar-refractivity contribution is -0.458. The molecule has 3 rings (SSSR count). The molecule has 1 aromatic heterocycles. The Morgan fingerprint density at radius 2 is 1.73 bits per heavy atom. The summed E-state index contributed by atoms with van der Waals surface area (Å²) >= 11 is 3.42. The molecule has 0 saturated heterocycles. The average molecular weight is 637 g/mol. The van der Waals surface area contributed by atoms with E-state index in [1.165, 1.54) is 6.07 Å². The number of hydrogen-bond acceptors (Lipinski definition) is 7. The van der Waals surface area contributed by atoms with Gasteiger partial charge in [0.1, 0.15) is 27.7 Å². The molecule has 2 amide bonds. The number of ether oxygens (including phenoxy) is 3. The molecular formula is C30H41BrFN4O5+. The minimum Gasteiger partial charge on any atom is -0.480 e. The van der Waals surface area contributed by atoms with Crippen molar-refractivity contribution in [3.05, 3.63) is 51.4 Å². The van der Waals surface area contributed by atoms with Crippen LogP contribution < -0.4 is 10.1 Å². The van der Waals surface area contributed by atoms with Crippen molar-refractivity contribution in [3.63, 3.8) is 0 Å². The third-order valence-electron chi connectivity index (χ3n) is 6.16. The number of aryl methyl sites for hydroxylation is 2. The van der Waals surface area contributed by atoms with E-state index in [-0.39, 0.29) is 17.7 Å². The summed E-state index contributed by atoms with van der Waals surface area (Å²) in [5.74, 6) is 0.147. The standard InChI is InChI=1S/C30H40BrFN4O5/c1-18-10-11-21(15-22(18)32)24(17-35-12-13-36(20(3)16-35)28(38)41-30(7,8)9)39-23-14-19(2)25(31)33-26(23)34-27(37)40-29(4,5)6/h10-11,14-15,24H,12-13,16-17H2,1-9H3/p+1/t24-/m0/s1. The van der Waals surface area contributed by atoms with E-state index in [9.17, 15) is 14.0 Å². The number of aromatic nitrogens is 1. The second-order valence-corrected chi connectivity index (χ2v) is 13.0. The highest BCUT2D eigenvalue weighted by Gasteiger charge is 2.34. The molecule has 0 saturated carbocycles. The second-order valence-electron chi connectivity index (χ2n) is 12.3. The maximum Gasteiger partial charge on any atom is 0.596 e. The number of nitrogens with one attached hydrogen (secondary N) is 1. The highest BCUT2D eigenvalue weighted by molar-refractivity contribution is 9.10. The molecule has 0 radical (unpaired) electrons. The summed E-state index contributed by atoms with van der Waals surface area (Å²) in [5, 5.41) is 2.68. The van der Waals surface area contributed by atoms with Crippen molar-refractivity contribution in [2.75, 3.05) is 31.5 Å². The highest BCUT2D eigenvalue weighted by atomic mass is 79.9. The number of anilines is 1. The fourth-order valence-electron chi connectivity index (χ4n) is 4.19. The zero-order valence-corrected chi connectivity index (χ0v) is 26.9. The molecule has 0 fully saturated rings. The molecule has 1 N–H and O–H groups in total. The van der Waals surface area contributed by atoms with E-state index < -0.39 is 23.4 Å². The molecule has 2 heterocycles. The number of benzene rings is 1. The molecule has 0 spiro atoms. The zero-order chi connectivity index (χ0) is 30.7. The van der Waals surface area contributed by atoms with E-state index in [0.717, 1.165) is 11.3 Å². The van der Waals surface area contributed by atoms with Crippen molar-refractivity contribution >= 4 is 39.6 Å². The lowest BCUT2D eigenvalue weighted by Crippen LogP contribution is -2.48. The molecule has 1 aliphatic rings. The third-order valence-corrected chi connectivity index (χ3v) is 6.97. The van der Waals surface area contributed by atoms with E-state index in [0.29, 0.717) is 47.7 Å². The number of pyridine rings is 1. The van der Waals surface area contributed by atoms with E-state index >= 15 is 0 Å². The molecule has 1 atom stereocenters. The van der Waals surface area contributed by atoms with Crippen molar-refractivity contribution < 1.29 is 32.8 Å². The van der Waals surface area contributed by atoms with Gasteiger partial charge in [0.05, 0.1) is 13.1 Å². The van der Waals surface area contributed by atoms with Crippen molar-refractivity contribution in [1.29, 1.82) is 0 Å². The van der Waals surface area contributed by atoms with Crippen LogP contribution in [0.5, 0.6) is 5.75 Å². The number of rotatable bonds is 6. The van der Waals surface area contributed by atoms with Crippen LogP contribution in [-0.4, -0.2) is 69.7 Å². The molecule has 1 aliphatic heterocycles. The summed E-state index contributed by atoms with van der Waals surface area (Å²) in [6.07, 6.45) is -1.67. The Morgan fingerprint density at radius 3 is 2.32 bits per heavy atom. The van der Waals surface area contributed by atoms with Gasteiger partial charge in [-0.1, -0.05) is 12.1 Å². The van der Waals surface area contributed by atoms with Crippen LogP contribution in [0.2, 0.25) is 0 Å². The van der Waals surface area contributed by atoms with Crippen molar-refractivity contribution in [1.82, 2.24) is 9.88 Å². The topological polar surface area (TPSA) is 93.0 Å². The summed E-state index contributed by atoms with van der Waals surface area (Å²) in [6, 6.07) is 6.77. The molecule has 1 aromatic carbocycles. The van der Waals surface area contributed by atoms with Gasteiger partial charge in [-0.3, -0.25) is 10.2 Å². The first kappa shape index (κ1) is 32.5. The lowest BCUT2D eigenvalue weighted by Gasteiger charge is -2.30. The van der Waals surface area contributed by atoms with Gasteiger partial charge >= 0.3 is 12.2 Å². The monoisotopic (exact) mass is 635 g/mol. The summed E-state index contributed by atoms with van der Waals surface area (Å²) in [4.78, 5) is 31.9. The van der Waals surface area contributed by atoms with Crippen LogP contribution >= 0.6 is 15.9 Å². The van der Waals surface area contributed by atoms with Gasteiger partial charge in [0.2, 0.25) is 0 Å². The Bertz CT molecular complexity index is 1330. The van der Waals surface area contributed by atoms with Crippen LogP contribution in [0, 0.1) is 19.7 Å². The number of hydrogen-bond donors (Lipinski definition) is 1. The molecular weight excluding hydrogens is 595 g/mol. The Balaban J connectivity index is 1.92. The third kappa shape index (κ3) is 9.49. The fraction of sp³-hybridized carbons (Fsp3) is 0.533. The quantitative estimate of drug-likeness (QED) is 0.276.